The third-order valence-electron chi connectivity index (χ3n) is 2.62. The summed E-state index contributed by atoms with van der Waals surface area (Å²) in [6.07, 6.45) is 0. The summed E-state index contributed by atoms with van der Waals surface area (Å²) >= 11 is 6.01. The highest BCUT2D eigenvalue weighted by Gasteiger charge is 2.05. The van der Waals surface area contributed by atoms with E-state index in [9.17, 15) is 4.39 Å². The molecule has 2 N–H and O–H groups in total. The summed E-state index contributed by atoms with van der Waals surface area (Å²) in [6.45, 7) is 0.486. The van der Waals surface area contributed by atoms with Gasteiger partial charge in [-0.1, -0.05) is 41.6 Å². The van der Waals surface area contributed by atoms with Crippen LogP contribution in [-0.2, 0) is 6.61 Å². The van der Waals surface area contributed by atoms with Gasteiger partial charge < -0.3 is 10.5 Å². The van der Waals surface area contributed by atoms with Gasteiger partial charge in [-0.2, -0.15) is 0 Å². The van der Waals surface area contributed by atoms with Crippen LogP contribution in [0.3, 0.4) is 0 Å². The number of halogens is 2. The molecular weight excluding hydrogens is 277 g/mol. The van der Waals surface area contributed by atoms with Crippen molar-refractivity contribution in [2.75, 3.05) is 6.54 Å². The van der Waals surface area contributed by atoms with Crippen LogP contribution in [0.4, 0.5) is 4.39 Å². The minimum absolute atomic E-state index is 0.224. The Kier molecular flexibility index (Phi) is 5.00. The lowest BCUT2D eigenvalue weighted by atomic mass is 10.1. The molecule has 0 saturated heterocycles. The van der Waals surface area contributed by atoms with E-state index < -0.39 is 0 Å². The van der Waals surface area contributed by atoms with Gasteiger partial charge in [0, 0.05) is 11.1 Å². The highest BCUT2D eigenvalue weighted by molar-refractivity contribution is 6.32. The van der Waals surface area contributed by atoms with Gasteiger partial charge in [-0.3, -0.25) is 0 Å². The molecule has 0 amide bonds. The van der Waals surface area contributed by atoms with Gasteiger partial charge in [-0.15, -0.1) is 0 Å². The van der Waals surface area contributed by atoms with Gasteiger partial charge in [0.1, 0.15) is 18.2 Å². The van der Waals surface area contributed by atoms with E-state index in [-0.39, 0.29) is 19.0 Å². The SMILES string of the molecule is NCC#Cc1cc(F)ccc1COc1ccccc1Cl. The van der Waals surface area contributed by atoms with Crippen LogP contribution >= 0.6 is 11.6 Å². The average Bonchev–Trinajstić information content (AvgIpc) is 2.45. The fourth-order valence-electron chi connectivity index (χ4n) is 1.65. The van der Waals surface area contributed by atoms with Crippen LogP contribution in [0.25, 0.3) is 0 Å². The summed E-state index contributed by atoms with van der Waals surface area (Å²) in [5, 5.41) is 0.532. The van der Waals surface area contributed by atoms with E-state index in [4.69, 9.17) is 22.1 Å². The molecule has 0 aliphatic carbocycles. The van der Waals surface area contributed by atoms with Crippen molar-refractivity contribution in [1.82, 2.24) is 0 Å². The molecule has 0 spiro atoms. The Morgan fingerprint density at radius 3 is 2.75 bits per heavy atom. The molecule has 0 radical (unpaired) electrons. The standard InChI is InChI=1S/C16H13ClFNO/c17-15-5-1-2-6-16(15)20-11-13-7-8-14(18)10-12(13)4-3-9-19/h1-2,5-8,10H,9,11,19H2. The first-order valence-corrected chi connectivity index (χ1v) is 6.43. The maximum Gasteiger partial charge on any atom is 0.138 e. The zero-order valence-electron chi connectivity index (χ0n) is 10.7. The zero-order valence-corrected chi connectivity index (χ0v) is 11.5. The maximum absolute atomic E-state index is 13.2. The van der Waals surface area contributed by atoms with Crippen LogP contribution in [0, 0.1) is 17.7 Å². The number of rotatable bonds is 3. The van der Waals surface area contributed by atoms with Crippen molar-refractivity contribution in [2.45, 2.75) is 6.61 Å². The molecule has 2 aromatic rings. The Bertz CT molecular complexity index is 661. The minimum atomic E-state index is -0.340. The van der Waals surface area contributed by atoms with Crippen molar-refractivity contribution < 1.29 is 9.13 Å². The molecule has 2 nitrogen and oxygen atoms in total. The Balaban J connectivity index is 2.19. The van der Waals surface area contributed by atoms with E-state index in [0.717, 1.165) is 5.56 Å². The van der Waals surface area contributed by atoms with Gasteiger partial charge in [-0.05, 0) is 24.3 Å². The van der Waals surface area contributed by atoms with Gasteiger partial charge in [0.05, 0.1) is 11.6 Å². The number of benzene rings is 2. The second kappa shape index (κ2) is 6.95. The first kappa shape index (κ1) is 14.4. The fraction of sp³-hybridized carbons (Fsp3) is 0.125. The zero-order chi connectivity index (χ0) is 14.4. The van der Waals surface area contributed by atoms with E-state index >= 15 is 0 Å². The molecule has 0 unspecified atom stereocenters. The third-order valence-corrected chi connectivity index (χ3v) is 2.93. The Morgan fingerprint density at radius 1 is 1.20 bits per heavy atom. The minimum Gasteiger partial charge on any atom is -0.487 e. The molecule has 0 aliphatic heterocycles. The Morgan fingerprint density at radius 2 is 2.00 bits per heavy atom. The smallest absolute Gasteiger partial charge is 0.138 e. The number of hydrogen-bond donors (Lipinski definition) is 1. The third kappa shape index (κ3) is 3.74. The van der Waals surface area contributed by atoms with Crippen LogP contribution in [-0.4, -0.2) is 6.54 Å². The molecule has 20 heavy (non-hydrogen) atoms. The number of para-hydroxylation sites is 1. The van der Waals surface area contributed by atoms with E-state index in [2.05, 4.69) is 11.8 Å². The molecule has 2 rings (SSSR count). The van der Waals surface area contributed by atoms with Crippen molar-refractivity contribution >= 4 is 11.6 Å². The first-order chi connectivity index (χ1) is 9.70. The number of nitrogens with two attached hydrogens (primary N) is 1. The fourth-order valence-corrected chi connectivity index (χ4v) is 1.84. The summed E-state index contributed by atoms with van der Waals surface area (Å²) in [5.74, 6) is 5.79. The summed E-state index contributed by atoms with van der Waals surface area (Å²) in [7, 11) is 0. The molecule has 0 aromatic heterocycles. The lowest BCUT2D eigenvalue weighted by molar-refractivity contribution is 0.306. The van der Waals surface area contributed by atoms with Crippen LogP contribution in [0.1, 0.15) is 11.1 Å². The quantitative estimate of drug-likeness (QED) is 0.879. The lowest BCUT2D eigenvalue weighted by Crippen LogP contribution is -2.00. The summed E-state index contributed by atoms with van der Waals surface area (Å²) in [6, 6.07) is 11.6. The van der Waals surface area contributed by atoms with Crippen molar-refractivity contribution in [2.24, 2.45) is 5.73 Å². The van der Waals surface area contributed by atoms with E-state index in [1.165, 1.54) is 12.1 Å². The topological polar surface area (TPSA) is 35.2 Å². The Labute approximate surface area is 122 Å². The molecule has 0 bridgehead atoms. The van der Waals surface area contributed by atoms with Crippen molar-refractivity contribution in [1.29, 1.82) is 0 Å². The maximum atomic E-state index is 13.2. The average molecular weight is 290 g/mol. The first-order valence-electron chi connectivity index (χ1n) is 6.05. The molecule has 0 heterocycles. The van der Waals surface area contributed by atoms with E-state index in [0.29, 0.717) is 16.3 Å². The molecular formula is C16H13ClFNO. The van der Waals surface area contributed by atoms with Crippen LogP contribution in [0.5, 0.6) is 5.75 Å². The number of hydrogen-bond acceptors (Lipinski definition) is 2. The second-order valence-electron chi connectivity index (χ2n) is 4.03. The van der Waals surface area contributed by atoms with Crippen LogP contribution in [0.15, 0.2) is 42.5 Å². The van der Waals surface area contributed by atoms with Crippen LogP contribution < -0.4 is 10.5 Å². The molecule has 0 atom stereocenters. The lowest BCUT2D eigenvalue weighted by Gasteiger charge is -2.09. The molecule has 0 saturated carbocycles. The Hall–Kier alpha value is -2.02. The molecule has 102 valence electrons. The summed E-state index contributed by atoms with van der Waals surface area (Å²) in [5.41, 5.74) is 6.69. The largest absolute Gasteiger partial charge is 0.487 e. The molecule has 2 aromatic carbocycles. The molecule has 0 aliphatic rings. The van der Waals surface area contributed by atoms with E-state index in [1.54, 1.807) is 18.2 Å². The van der Waals surface area contributed by atoms with Gasteiger partial charge >= 0.3 is 0 Å². The van der Waals surface area contributed by atoms with Gasteiger partial charge in [0.25, 0.3) is 0 Å². The molecule has 4 heteroatoms. The molecule has 0 fully saturated rings. The predicted molar refractivity (Wildman–Crippen MR) is 78.1 cm³/mol. The summed E-state index contributed by atoms with van der Waals surface area (Å²) < 4.78 is 18.9. The van der Waals surface area contributed by atoms with Crippen molar-refractivity contribution in [3.63, 3.8) is 0 Å². The summed E-state index contributed by atoms with van der Waals surface area (Å²) in [4.78, 5) is 0. The highest BCUT2D eigenvalue weighted by atomic mass is 35.5. The number of ether oxygens (including phenoxy) is 1. The van der Waals surface area contributed by atoms with Crippen molar-refractivity contribution in [3.8, 4) is 17.6 Å². The monoisotopic (exact) mass is 289 g/mol. The van der Waals surface area contributed by atoms with E-state index in [1.807, 2.05) is 12.1 Å². The van der Waals surface area contributed by atoms with Crippen LogP contribution in [0.2, 0.25) is 5.02 Å². The highest BCUT2D eigenvalue weighted by Crippen LogP contribution is 2.24. The normalized spacial score (nSPS) is 9.75. The van der Waals surface area contributed by atoms with Gasteiger partial charge in [0.15, 0.2) is 0 Å². The van der Waals surface area contributed by atoms with Gasteiger partial charge in [0.2, 0.25) is 0 Å². The van der Waals surface area contributed by atoms with Gasteiger partial charge in [-0.25, -0.2) is 4.39 Å². The van der Waals surface area contributed by atoms with Crippen molar-refractivity contribution in [3.05, 3.63) is 64.4 Å². The second-order valence-corrected chi connectivity index (χ2v) is 4.43. The predicted octanol–water partition coefficient (Wildman–Crippen LogP) is 3.37.